The number of nitrogens with zero attached hydrogens (tertiary/aromatic N) is 3. The van der Waals surface area contributed by atoms with Crippen molar-refractivity contribution in [2.45, 2.75) is 0 Å². The summed E-state index contributed by atoms with van der Waals surface area (Å²) in [5.74, 6) is -0.736. The molecule has 0 aliphatic carbocycles. The summed E-state index contributed by atoms with van der Waals surface area (Å²) in [6, 6.07) is 8.16. The van der Waals surface area contributed by atoms with Gasteiger partial charge in [0.1, 0.15) is 0 Å². The van der Waals surface area contributed by atoms with Crippen LogP contribution in [0.15, 0.2) is 46.4 Å². The van der Waals surface area contributed by atoms with Gasteiger partial charge in [-0.15, -0.1) is 14.7 Å². The monoisotopic (exact) mass is 423 g/mol. The molecule has 0 aliphatic heterocycles. The molecular weight excluding hydrogens is 408 g/mol. The van der Waals surface area contributed by atoms with Crippen LogP contribution in [0.4, 0.5) is 0 Å². The second kappa shape index (κ2) is 44.0. The van der Waals surface area contributed by atoms with Crippen LogP contribution >= 0.6 is 0 Å². The third kappa shape index (κ3) is 43.5. The minimum atomic E-state index is -0.736. The molecular formula is C8H15Ca2N3Na2O9. The van der Waals surface area contributed by atoms with Gasteiger partial charge in [0, 0.05) is 0 Å². The summed E-state index contributed by atoms with van der Waals surface area (Å²) in [6.07, 6.45) is 0. The van der Waals surface area contributed by atoms with Gasteiger partial charge in [0.25, 0.3) is 6.47 Å². The van der Waals surface area contributed by atoms with Gasteiger partial charge in [0.2, 0.25) is 0 Å². The number of carboxylic acid groups (broad SMARTS) is 1. The predicted molar refractivity (Wildman–Crippen MR) is 79.7 cm³/mol. The maximum Gasteiger partial charge on any atom is 2.00 e. The van der Waals surface area contributed by atoms with Crippen molar-refractivity contribution < 1.29 is 97.6 Å². The second-order valence-electron chi connectivity index (χ2n) is 2.09. The van der Waals surface area contributed by atoms with Crippen molar-refractivity contribution in [3.63, 3.8) is 0 Å². The van der Waals surface area contributed by atoms with Crippen LogP contribution in [0.5, 0.6) is 0 Å². The Balaban J connectivity index is -0.0000000124. The number of hydrogen-bond acceptors (Lipinski definition) is 9. The molecule has 0 atom stereocenters. The fourth-order valence-corrected chi connectivity index (χ4v) is 0.661. The van der Waals surface area contributed by atoms with Crippen LogP contribution in [-0.2, 0) is 9.63 Å². The molecule has 0 heterocycles. The van der Waals surface area contributed by atoms with Crippen LogP contribution in [0, 0.1) is 14.7 Å². The zero-order valence-corrected chi connectivity index (χ0v) is 21.4. The van der Waals surface area contributed by atoms with Gasteiger partial charge in [-0.3, -0.25) is 9.63 Å². The van der Waals surface area contributed by atoms with E-state index < -0.39 is 5.97 Å². The zero-order chi connectivity index (χ0) is 16.2. The average molecular weight is 423 g/mol. The molecule has 12 nitrogen and oxygen atoms in total. The van der Waals surface area contributed by atoms with Crippen molar-refractivity contribution in [3.8, 4) is 0 Å². The summed E-state index contributed by atoms with van der Waals surface area (Å²) in [5, 5.41) is 24.7. The van der Waals surface area contributed by atoms with E-state index in [1.807, 2.05) is 5.34 Å². The Morgan fingerprint density at radius 1 is 1.00 bits per heavy atom. The topological polar surface area (TPSA) is 192 Å². The molecule has 0 aromatic heterocycles. The summed E-state index contributed by atoms with van der Waals surface area (Å²) >= 11 is 0. The fraction of sp³-hybridized carbons (Fsp3) is 0. The zero-order valence-electron chi connectivity index (χ0n) is 19.0. The Bertz CT molecular complexity index is 411. The van der Waals surface area contributed by atoms with Crippen molar-refractivity contribution in [2.75, 3.05) is 0 Å². The summed E-state index contributed by atoms with van der Waals surface area (Å²) in [6.45, 7) is -0.250. The van der Waals surface area contributed by atoms with Gasteiger partial charge in [-0.2, -0.15) is 0 Å². The van der Waals surface area contributed by atoms with Crippen LogP contribution in [0.2, 0.25) is 0 Å². The van der Waals surface area contributed by atoms with E-state index in [1.54, 1.807) is 18.2 Å². The van der Waals surface area contributed by atoms with Gasteiger partial charge in [-0.25, -0.2) is 4.79 Å². The molecule has 0 aliphatic rings. The van der Waals surface area contributed by atoms with E-state index in [-0.39, 0.29) is 150 Å². The Morgan fingerprint density at radius 3 is 1.54 bits per heavy atom. The normalized spacial score (nSPS) is 5.50. The second-order valence-corrected chi connectivity index (χ2v) is 2.09. The first kappa shape index (κ1) is 44.5. The van der Waals surface area contributed by atoms with Crippen LogP contribution in [0.1, 0.15) is 18.9 Å². The molecule has 0 saturated carbocycles. The van der Waals surface area contributed by atoms with Crippen molar-refractivity contribution in [2.24, 2.45) is 16.0 Å². The van der Waals surface area contributed by atoms with Gasteiger partial charge in [-0.05, 0) is 12.1 Å². The molecule has 0 saturated heterocycles. The van der Waals surface area contributed by atoms with E-state index >= 15 is 0 Å². The maximum absolute atomic E-state index is 10.7. The Hall–Kier alpha value is 1.08. The fourth-order valence-electron chi connectivity index (χ4n) is 0.661. The summed E-state index contributed by atoms with van der Waals surface area (Å²) < 4.78 is 0. The van der Waals surface area contributed by atoms with Gasteiger partial charge in [-0.1, -0.05) is 18.2 Å². The SMILES string of the molecule is O=CO.O=NO.O=NO.O=NOC(=O)c1ccccc1.[Ca+2].[Ca+2].[H-].[H-].[H-].[H-].[H-].[H-].[Na+].[Na+]. The molecule has 1 rings (SSSR count). The smallest absolute Gasteiger partial charge is 1.00 e. The standard InChI is InChI=1S/C7H5NO3.CH2O2.2Ca.2HNO2.2Na.6H/c9-7(11-8-10)6-4-2-1-3-5-6;2-1-3;;;2*2-1-3;;;;;;;;/h1-5H;1H,(H,2,3);;;2*(H,2,3);;;;;;;;/q;;2*+2;;;2*+1;6*-1. The molecule has 16 heteroatoms. The largest absolute Gasteiger partial charge is 2.00 e. The Morgan fingerprint density at radius 2 is 1.29 bits per heavy atom. The van der Waals surface area contributed by atoms with Crippen LogP contribution < -0.4 is 59.1 Å². The van der Waals surface area contributed by atoms with E-state index in [9.17, 15) is 9.70 Å². The molecule has 3 N–H and O–H groups in total. The number of carbonyl (C=O) groups excluding carboxylic acids is 1. The molecule has 1 aromatic rings. The summed E-state index contributed by atoms with van der Waals surface area (Å²) in [5.41, 5.74) is 0.312. The predicted octanol–water partition coefficient (Wildman–Crippen LogP) is -4.57. The third-order valence-corrected chi connectivity index (χ3v) is 1.13. The average Bonchev–Trinajstić information content (AvgIpc) is 2.43. The molecule has 122 valence electrons. The molecule has 1 aromatic carbocycles. The van der Waals surface area contributed by atoms with Crippen LogP contribution in [0.25, 0.3) is 0 Å². The van der Waals surface area contributed by atoms with E-state index in [0.29, 0.717) is 5.56 Å². The maximum atomic E-state index is 10.7. The Labute approximate surface area is 248 Å². The molecule has 0 spiro atoms. The summed E-state index contributed by atoms with van der Waals surface area (Å²) in [4.78, 5) is 48.7. The van der Waals surface area contributed by atoms with Gasteiger partial charge >= 0.3 is 141 Å². The summed E-state index contributed by atoms with van der Waals surface area (Å²) in [7, 11) is 0. The van der Waals surface area contributed by atoms with Crippen molar-refractivity contribution in [1.29, 1.82) is 0 Å². The number of hydrogen-bond donors (Lipinski definition) is 3. The van der Waals surface area contributed by atoms with E-state index in [0.717, 1.165) is 0 Å². The van der Waals surface area contributed by atoms with E-state index in [2.05, 4.69) is 4.84 Å². The number of rotatable bonds is 2. The van der Waals surface area contributed by atoms with E-state index in [4.69, 9.17) is 30.1 Å². The van der Waals surface area contributed by atoms with Gasteiger partial charge in [0.05, 0.1) is 5.56 Å². The minimum absolute atomic E-state index is 0. The first-order valence-corrected chi connectivity index (χ1v) is 4.19. The van der Waals surface area contributed by atoms with Crippen molar-refractivity contribution in [1.82, 2.24) is 0 Å². The van der Waals surface area contributed by atoms with Crippen LogP contribution in [0.3, 0.4) is 0 Å². The quantitative estimate of drug-likeness (QED) is 0.182. The molecule has 24 heavy (non-hydrogen) atoms. The first-order chi connectivity index (χ1) is 9.59. The molecule has 0 unspecified atom stereocenters. The third-order valence-electron chi connectivity index (χ3n) is 1.13. The molecule has 0 bridgehead atoms. The van der Waals surface area contributed by atoms with Crippen molar-refractivity contribution >= 4 is 87.9 Å². The van der Waals surface area contributed by atoms with E-state index in [1.165, 1.54) is 22.8 Å². The minimum Gasteiger partial charge on any atom is -1.00 e. The van der Waals surface area contributed by atoms with Crippen molar-refractivity contribution in [3.05, 3.63) is 50.6 Å². The number of benzene rings is 1. The number of carbonyl (C=O) groups is 2. The Kier molecular flexibility index (Phi) is 81.5. The molecule has 0 amide bonds. The molecule has 0 radical (unpaired) electrons. The van der Waals surface area contributed by atoms with Gasteiger partial charge in [0.15, 0.2) is 16.0 Å². The molecule has 0 fully saturated rings. The van der Waals surface area contributed by atoms with Crippen LogP contribution in [-0.4, -0.2) is 103 Å². The van der Waals surface area contributed by atoms with Gasteiger partial charge < -0.3 is 24.1 Å². The first-order valence-electron chi connectivity index (χ1n) is 4.19.